The molecule has 0 spiro atoms. The molecule has 2 N–H and O–H groups in total. The highest BCUT2D eigenvalue weighted by Crippen LogP contribution is 2.34. The monoisotopic (exact) mass is 268 g/mol. The van der Waals surface area contributed by atoms with Gasteiger partial charge in [-0.2, -0.15) is 0 Å². The molecule has 2 rings (SSSR count). The molecule has 15 heavy (non-hydrogen) atoms. The van der Waals surface area contributed by atoms with E-state index in [9.17, 15) is 0 Å². The Morgan fingerprint density at radius 2 is 2.20 bits per heavy atom. The zero-order valence-corrected chi connectivity index (χ0v) is 10.6. The SMILES string of the molecule is CCN(CC1CC1)c1cc(Br)ccc1N. The Bertz CT molecular complexity index is 347. The summed E-state index contributed by atoms with van der Waals surface area (Å²) in [6.07, 6.45) is 2.76. The van der Waals surface area contributed by atoms with Crippen LogP contribution in [-0.4, -0.2) is 13.1 Å². The first-order valence-corrected chi connectivity index (χ1v) is 6.30. The lowest BCUT2D eigenvalue weighted by Gasteiger charge is -2.24. The average Bonchev–Trinajstić information content (AvgIpc) is 3.02. The summed E-state index contributed by atoms with van der Waals surface area (Å²) < 4.78 is 1.10. The van der Waals surface area contributed by atoms with Gasteiger partial charge in [-0.3, -0.25) is 0 Å². The maximum absolute atomic E-state index is 6.00. The maximum atomic E-state index is 6.00. The van der Waals surface area contributed by atoms with E-state index in [0.29, 0.717) is 0 Å². The summed E-state index contributed by atoms with van der Waals surface area (Å²) in [7, 11) is 0. The molecule has 82 valence electrons. The fourth-order valence-electron chi connectivity index (χ4n) is 1.80. The molecular weight excluding hydrogens is 252 g/mol. The second-order valence-electron chi connectivity index (χ2n) is 4.19. The van der Waals surface area contributed by atoms with E-state index in [4.69, 9.17) is 5.73 Å². The normalized spacial score (nSPS) is 15.3. The zero-order valence-electron chi connectivity index (χ0n) is 9.04. The Morgan fingerprint density at radius 3 is 2.80 bits per heavy atom. The van der Waals surface area contributed by atoms with Gasteiger partial charge in [0.1, 0.15) is 0 Å². The number of rotatable bonds is 4. The van der Waals surface area contributed by atoms with Crippen molar-refractivity contribution >= 4 is 27.3 Å². The van der Waals surface area contributed by atoms with Gasteiger partial charge in [0.25, 0.3) is 0 Å². The van der Waals surface area contributed by atoms with Gasteiger partial charge in [0.05, 0.1) is 11.4 Å². The van der Waals surface area contributed by atoms with Crippen LogP contribution in [0.4, 0.5) is 11.4 Å². The van der Waals surface area contributed by atoms with Crippen molar-refractivity contribution in [2.75, 3.05) is 23.7 Å². The molecule has 0 saturated heterocycles. The fourth-order valence-corrected chi connectivity index (χ4v) is 2.15. The van der Waals surface area contributed by atoms with Crippen molar-refractivity contribution in [2.24, 2.45) is 5.92 Å². The summed E-state index contributed by atoms with van der Waals surface area (Å²) >= 11 is 3.49. The van der Waals surface area contributed by atoms with Gasteiger partial charge < -0.3 is 10.6 Å². The Morgan fingerprint density at radius 1 is 1.47 bits per heavy atom. The van der Waals surface area contributed by atoms with E-state index in [1.54, 1.807) is 0 Å². The lowest BCUT2D eigenvalue weighted by molar-refractivity contribution is 0.743. The van der Waals surface area contributed by atoms with Crippen LogP contribution in [0, 0.1) is 5.92 Å². The van der Waals surface area contributed by atoms with Crippen LogP contribution in [0.25, 0.3) is 0 Å². The van der Waals surface area contributed by atoms with Crippen molar-refractivity contribution < 1.29 is 0 Å². The van der Waals surface area contributed by atoms with Gasteiger partial charge in [0, 0.05) is 17.6 Å². The van der Waals surface area contributed by atoms with E-state index in [0.717, 1.165) is 29.2 Å². The van der Waals surface area contributed by atoms with E-state index < -0.39 is 0 Å². The van der Waals surface area contributed by atoms with Crippen LogP contribution in [0.15, 0.2) is 22.7 Å². The highest BCUT2D eigenvalue weighted by molar-refractivity contribution is 9.10. The van der Waals surface area contributed by atoms with Gasteiger partial charge >= 0.3 is 0 Å². The van der Waals surface area contributed by atoms with Gasteiger partial charge in [0.2, 0.25) is 0 Å². The van der Waals surface area contributed by atoms with E-state index in [1.165, 1.54) is 18.5 Å². The predicted octanol–water partition coefficient (Wildman–Crippen LogP) is 3.27. The highest BCUT2D eigenvalue weighted by Gasteiger charge is 2.24. The number of benzene rings is 1. The molecule has 0 amide bonds. The largest absolute Gasteiger partial charge is 0.397 e. The van der Waals surface area contributed by atoms with Crippen molar-refractivity contribution in [1.82, 2.24) is 0 Å². The highest BCUT2D eigenvalue weighted by atomic mass is 79.9. The summed E-state index contributed by atoms with van der Waals surface area (Å²) in [4.78, 5) is 2.37. The maximum Gasteiger partial charge on any atom is 0.0611 e. The predicted molar refractivity (Wildman–Crippen MR) is 69.2 cm³/mol. The Labute approximate surface area is 99.6 Å². The van der Waals surface area contributed by atoms with E-state index in [-0.39, 0.29) is 0 Å². The first-order valence-electron chi connectivity index (χ1n) is 5.50. The Kier molecular flexibility index (Phi) is 3.19. The smallest absolute Gasteiger partial charge is 0.0611 e. The van der Waals surface area contributed by atoms with Crippen LogP contribution in [0.3, 0.4) is 0 Å². The Balaban J connectivity index is 2.19. The average molecular weight is 269 g/mol. The minimum absolute atomic E-state index is 0.876. The summed E-state index contributed by atoms with van der Waals surface area (Å²) in [5.41, 5.74) is 8.04. The molecule has 0 heterocycles. The lowest BCUT2D eigenvalue weighted by Crippen LogP contribution is -2.26. The number of hydrogen-bond acceptors (Lipinski definition) is 2. The molecule has 0 aliphatic heterocycles. The van der Waals surface area contributed by atoms with Crippen molar-refractivity contribution in [2.45, 2.75) is 19.8 Å². The molecule has 1 aromatic rings. The van der Waals surface area contributed by atoms with Crippen LogP contribution in [-0.2, 0) is 0 Å². The molecule has 0 unspecified atom stereocenters. The number of hydrogen-bond donors (Lipinski definition) is 1. The fraction of sp³-hybridized carbons (Fsp3) is 0.500. The second-order valence-corrected chi connectivity index (χ2v) is 5.10. The molecular formula is C12H17BrN2. The third-order valence-corrected chi connectivity index (χ3v) is 3.38. The molecule has 3 heteroatoms. The van der Waals surface area contributed by atoms with Crippen LogP contribution in [0.1, 0.15) is 19.8 Å². The van der Waals surface area contributed by atoms with Crippen LogP contribution in [0.2, 0.25) is 0 Å². The third kappa shape index (κ3) is 2.65. The standard InChI is InChI=1S/C12H17BrN2/c1-2-15(8-9-3-4-9)12-7-10(13)5-6-11(12)14/h5-7,9H,2-4,8,14H2,1H3. The topological polar surface area (TPSA) is 29.3 Å². The van der Waals surface area contributed by atoms with Gasteiger partial charge in [0.15, 0.2) is 0 Å². The summed E-state index contributed by atoms with van der Waals surface area (Å²) in [6, 6.07) is 6.07. The molecule has 0 aromatic heterocycles. The van der Waals surface area contributed by atoms with Crippen LogP contribution in [0.5, 0.6) is 0 Å². The Hall–Kier alpha value is -0.700. The van der Waals surface area contributed by atoms with Gasteiger partial charge in [-0.15, -0.1) is 0 Å². The van der Waals surface area contributed by atoms with Crippen molar-refractivity contribution in [1.29, 1.82) is 0 Å². The summed E-state index contributed by atoms with van der Waals surface area (Å²) in [5.74, 6) is 0.892. The number of nitrogens with zero attached hydrogens (tertiary/aromatic N) is 1. The van der Waals surface area contributed by atoms with Crippen LogP contribution < -0.4 is 10.6 Å². The van der Waals surface area contributed by atoms with E-state index in [2.05, 4.69) is 33.8 Å². The second kappa shape index (κ2) is 4.44. The summed E-state index contributed by atoms with van der Waals surface area (Å²) in [5, 5.41) is 0. The number of nitrogens with two attached hydrogens (primary N) is 1. The lowest BCUT2D eigenvalue weighted by atomic mass is 10.2. The zero-order chi connectivity index (χ0) is 10.8. The number of nitrogen functional groups attached to an aromatic ring is 1. The van der Waals surface area contributed by atoms with Gasteiger partial charge in [-0.1, -0.05) is 15.9 Å². The number of halogens is 1. The first kappa shape index (κ1) is 10.8. The quantitative estimate of drug-likeness (QED) is 0.850. The minimum atomic E-state index is 0.876. The molecule has 1 aliphatic carbocycles. The molecule has 0 radical (unpaired) electrons. The van der Waals surface area contributed by atoms with E-state index in [1.807, 2.05) is 12.1 Å². The number of anilines is 2. The van der Waals surface area contributed by atoms with Gasteiger partial charge in [-0.05, 0) is 43.9 Å². The molecule has 1 fully saturated rings. The molecule has 0 bridgehead atoms. The first-order chi connectivity index (χ1) is 7.20. The molecule has 1 aromatic carbocycles. The molecule has 2 nitrogen and oxygen atoms in total. The summed E-state index contributed by atoms with van der Waals surface area (Å²) in [6.45, 7) is 4.36. The van der Waals surface area contributed by atoms with E-state index >= 15 is 0 Å². The van der Waals surface area contributed by atoms with Crippen molar-refractivity contribution in [3.63, 3.8) is 0 Å². The third-order valence-electron chi connectivity index (χ3n) is 2.89. The van der Waals surface area contributed by atoms with Crippen molar-refractivity contribution in [3.05, 3.63) is 22.7 Å². The van der Waals surface area contributed by atoms with Gasteiger partial charge in [-0.25, -0.2) is 0 Å². The van der Waals surface area contributed by atoms with Crippen molar-refractivity contribution in [3.8, 4) is 0 Å². The molecule has 1 saturated carbocycles. The minimum Gasteiger partial charge on any atom is -0.397 e. The molecule has 0 atom stereocenters. The molecule has 1 aliphatic rings. The van der Waals surface area contributed by atoms with Crippen LogP contribution >= 0.6 is 15.9 Å².